The molecule has 0 bridgehead atoms. The fraction of sp³-hybridized carbons (Fsp3) is 1.00. The van der Waals surface area contributed by atoms with Gasteiger partial charge in [0.1, 0.15) is 0 Å². The molecule has 0 radical (unpaired) electrons. The van der Waals surface area contributed by atoms with Crippen LogP contribution >= 0.6 is 0 Å². The largest absolute Gasteiger partial charge is 0.377 e. The smallest absolute Gasteiger partial charge is 0.0596 e. The molecule has 1 heterocycles. The van der Waals surface area contributed by atoms with E-state index in [-0.39, 0.29) is 0 Å². The summed E-state index contributed by atoms with van der Waals surface area (Å²) < 4.78 is 5.52. The lowest BCUT2D eigenvalue weighted by Crippen LogP contribution is -2.50. The summed E-state index contributed by atoms with van der Waals surface area (Å²) in [6, 6.07) is 0.632. The summed E-state index contributed by atoms with van der Waals surface area (Å²) in [6.07, 6.45) is 0.361. The minimum atomic E-state index is 0.361. The van der Waals surface area contributed by atoms with E-state index in [1.807, 2.05) is 0 Å². The average molecular weight is 186 g/mol. The summed E-state index contributed by atoms with van der Waals surface area (Å²) >= 11 is 0. The number of hydrogen-bond acceptors (Lipinski definition) is 3. The van der Waals surface area contributed by atoms with E-state index in [2.05, 4.69) is 31.0 Å². The van der Waals surface area contributed by atoms with Crippen LogP contribution in [0.15, 0.2) is 0 Å². The predicted molar refractivity (Wildman–Crippen MR) is 55.0 cm³/mol. The molecule has 0 aromatic carbocycles. The van der Waals surface area contributed by atoms with E-state index in [9.17, 15) is 0 Å². The third-order valence-corrected chi connectivity index (χ3v) is 2.31. The Kier molecular flexibility index (Phi) is 4.70. The molecule has 3 heteroatoms. The molecule has 1 rings (SSSR count). The lowest BCUT2D eigenvalue weighted by molar-refractivity contribution is 0.0533. The number of piperazine rings is 1. The Bertz CT molecular complexity index is 139. The van der Waals surface area contributed by atoms with Crippen LogP contribution in [0.2, 0.25) is 0 Å². The summed E-state index contributed by atoms with van der Waals surface area (Å²) in [5, 5.41) is 3.43. The summed E-state index contributed by atoms with van der Waals surface area (Å²) in [6.45, 7) is 11.8. The van der Waals surface area contributed by atoms with Gasteiger partial charge in [-0.05, 0) is 20.8 Å². The SMILES string of the molecule is CC(C)OCCN1CCN[C@H](C)C1. The van der Waals surface area contributed by atoms with Crippen LogP contribution in [-0.2, 0) is 4.74 Å². The Morgan fingerprint density at radius 1 is 1.54 bits per heavy atom. The van der Waals surface area contributed by atoms with Crippen LogP contribution in [0.5, 0.6) is 0 Å². The second kappa shape index (κ2) is 5.58. The highest BCUT2D eigenvalue weighted by atomic mass is 16.5. The molecule has 1 fully saturated rings. The Morgan fingerprint density at radius 2 is 2.31 bits per heavy atom. The lowest BCUT2D eigenvalue weighted by Gasteiger charge is -2.31. The molecule has 3 nitrogen and oxygen atoms in total. The monoisotopic (exact) mass is 186 g/mol. The van der Waals surface area contributed by atoms with Gasteiger partial charge in [-0.25, -0.2) is 0 Å². The first-order valence-electron chi connectivity index (χ1n) is 5.26. The first kappa shape index (κ1) is 11.0. The van der Waals surface area contributed by atoms with Crippen molar-refractivity contribution in [2.45, 2.75) is 32.9 Å². The van der Waals surface area contributed by atoms with Gasteiger partial charge >= 0.3 is 0 Å². The Labute approximate surface area is 81.4 Å². The molecule has 1 atom stereocenters. The van der Waals surface area contributed by atoms with Crippen molar-refractivity contribution in [3.8, 4) is 0 Å². The second-order valence-corrected chi connectivity index (χ2v) is 4.08. The minimum absolute atomic E-state index is 0.361. The zero-order chi connectivity index (χ0) is 9.68. The standard InChI is InChI=1S/C10H22N2O/c1-9(2)13-7-6-12-5-4-11-10(3)8-12/h9-11H,4-8H2,1-3H3/t10-/m1/s1. The van der Waals surface area contributed by atoms with Gasteiger partial charge in [-0.2, -0.15) is 0 Å². The zero-order valence-electron chi connectivity index (χ0n) is 9.05. The lowest BCUT2D eigenvalue weighted by atomic mass is 10.2. The van der Waals surface area contributed by atoms with Crippen molar-refractivity contribution in [3.05, 3.63) is 0 Å². The second-order valence-electron chi connectivity index (χ2n) is 4.08. The normalized spacial score (nSPS) is 25.4. The fourth-order valence-electron chi connectivity index (χ4n) is 1.63. The van der Waals surface area contributed by atoms with Crippen molar-refractivity contribution in [3.63, 3.8) is 0 Å². The van der Waals surface area contributed by atoms with E-state index < -0.39 is 0 Å². The molecular weight excluding hydrogens is 164 g/mol. The maximum atomic E-state index is 5.52. The summed E-state index contributed by atoms with van der Waals surface area (Å²) in [5.74, 6) is 0. The van der Waals surface area contributed by atoms with Gasteiger partial charge < -0.3 is 10.1 Å². The predicted octanol–water partition coefficient (Wildman–Crippen LogP) is 0.705. The molecule has 1 saturated heterocycles. The van der Waals surface area contributed by atoms with Crippen molar-refractivity contribution in [2.24, 2.45) is 0 Å². The fourth-order valence-corrected chi connectivity index (χ4v) is 1.63. The topological polar surface area (TPSA) is 24.5 Å². The zero-order valence-corrected chi connectivity index (χ0v) is 9.05. The van der Waals surface area contributed by atoms with Crippen LogP contribution in [0.1, 0.15) is 20.8 Å². The number of nitrogens with one attached hydrogen (secondary N) is 1. The average Bonchev–Trinajstić information content (AvgIpc) is 2.03. The maximum absolute atomic E-state index is 5.52. The summed E-state index contributed by atoms with van der Waals surface area (Å²) in [7, 11) is 0. The molecule has 78 valence electrons. The molecule has 0 aromatic heterocycles. The molecule has 1 N–H and O–H groups in total. The van der Waals surface area contributed by atoms with Gasteiger partial charge in [0, 0.05) is 32.2 Å². The molecule has 0 saturated carbocycles. The van der Waals surface area contributed by atoms with Crippen LogP contribution in [0.25, 0.3) is 0 Å². The molecule has 0 aliphatic carbocycles. The Balaban J connectivity index is 2.06. The van der Waals surface area contributed by atoms with Crippen molar-refractivity contribution in [2.75, 3.05) is 32.8 Å². The van der Waals surface area contributed by atoms with E-state index in [0.717, 1.165) is 32.8 Å². The van der Waals surface area contributed by atoms with E-state index in [0.29, 0.717) is 12.1 Å². The van der Waals surface area contributed by atoms with Crippen LogP contribution < -0.4 is 5.32 Å². The van der Waals surface area contributed by atoms with Crippen molar-refractivity contribution < 1.29 is 4.74 Å². The van der Waals surface area contributed by atoms with Crippen molar-refractivity contribution in [1.82, 2.24) is 10.2 Å². The Morgan fingerprint density at radius 3 is 2.92 bits per heavy atom. The first-order valence-corrected chi connectivity index (χ1v) is 5.26. The third-order valence-electron chi connectivity index (χ3n) is 2.31. The highest BCUT2D eigenvalue weighted by molar-refractivity contribution is 4.74. The molecule has 1 aliphatic rings. The molecule has 0 aromatic rings. The van der Waals surface area contributed by atoms with Crippen LogP contribution in [0.3, 0.4) is 0 Å². The van der Waals surface area contributed by atoms with E-state index in [1.54, 1.807) is 0 Å². The van der Waals surface area contributed by atoms with Crippen molar-refractivity contribution in [1.29, 1.82) is 0 Å². The van der Waals surface area contributed by atoms with E-state index in [1.165, 1.54) is 0 Å². The number of hydrogen-bond donors (Lipinski definition) is 1. The molecule has 0 amide bonds. The highest BCUT2D eigenvalue weighted by Crippen LogP contribution is 1.98. The number of nitrogens with zero attached hydrogens (tertiary/aromatic N) is 1. The molecule has 0 unspecified atom stereocenters. The van der Waals surface area contributed by atoms with Gasteiger partial charge in [-0.3, -0.25) is 4.90 Å². The first-order chi connectivity index (χ1) is 6.18. The van der Waals surface area contributed by atoms with E-state index >= 15 is 0 Å². The third kappa shape index (κ3) is 4.60. The van der Waals surface area contributed by atoms with Crippen molar-refractivity contribution >= 4 is 0 Å². The minimum Gasteiger partial charge on any atom is -0.377 e. The van der Waals surface area contributed by atoms with Gasteiger partial charge in [0.2, 0.25) is 0 Å². The van der Waals surface area contributed by atoms with Gasteiger partial charge in [-0.1, -0.05) is 0 Å². The maximum Gasteiger partial charge on any atom is 0.0596 e. The van der Waals surface area contributed by atoms with Gasteiger partial charge in [0.05, 0.1) is 12.7 Å². The summed E-state index contributed by atoms with van der Waals surface area (Å²) in [5.41, 5.74) is 0. The number of ether oxygens (including phenoxy) is 1. The highest BCUT2D eigenvalue weighted by Gasteiger charge is 2.14. The quantitative estimate of drug-likeness (QED) is 0.699. The van der Waals surface area contributed by atoms with Crippen LogP contribution in [-0.4, -0.2) is 49.8 Å². The molecule has 1 aliphatic heterocycles. The van der Waals surface area contributed by atoms with Gasteiger partial charge in [0.15, 0.2) is 0 Å². The van der Waals surface area contributed by atoms with Crippen LogP contribution in [0, 0.1) is 0 Å². The van der Waals surface area contributed by atoms with Crippen LogP contribution in [0.4, 0.5) is 0 Å². The number of rotatable bonds is 4. The summed E-state index contributed by atoms with van der Waals surface area (Å²) in [4.78, 5) is 2.46. The van der Waals surface area contributed by atoms with E-state index in [4.69, 9.17) is 4.74 Å². The van der Waals surface area contributed by atoms with Gasteiger partial charge in [-0.15, -0.1) is 0 Å². The molecular formula is C10H22N2O. The molecule has 13 heavy (non-hydrogen) atoms. The Hall–Kier alpha value is -0.120. The van der Waals surface area contributed by atoms with Gasteiger partial charge in [0.25, 0.3) is 0 Å². The molecule has 0 spiro atoms.